The maximum Gasteiger partial charge on any atom is 0.137 e. The van der Waals surface area contributed by atoms with Crippen molar-refractivity contribution >= 4 is 0 Å². The summed E-state index contributed by atoms with van der Waals surface area (Å²) in [5, 5.41) is 21.9. The van der Waals surface area contributed by atoms with E-state index in [0.717, 1.165) is 6.54 Å². The van der Waals surface area contributed by atoms with Crippen LogP contribution in [-0.2, 0) is 0 Å². The summed E-state index contributed by atoms with van der Waals surface area (Å²) in [7, 11) is 0. The first kappa shape index (κ1) is 15.5. The van der Waals surface area contributed by atoms with Crippen molar-refractivity contribution in [1.82, 2.24) is 5.32 Å². The van der Waals surface area contributed by atoms with Gasteiger partial charge in [0.05, 0.1) is 5.56 Å². The molecule has 1 aromatic rings. The van der Waals surface area contributed by atoms with E-state index >= 15 is 0 Å². The lowest BCUT2D eigenvalue weighted by Crippen LogP contribution is -2.36. The van der Waals surface area contributed by atoms with Crippen LogP contribution < -0.4 is 10.1 Å². The average molecular weight is 262 g/mol. The van der Waals surface area contributed by atoms with Crippen molar-refractivity contribution in [2.45, 2.75) is 26.9 Å². The molecule has 0 amide bonds. The quantitative estimate of drug-likeness (QED) is 0.822. The summed E-state index contributed by atoms with van der Waals surface area (Å²) in [6.45, 7) is 7.88. The number of hydrogen-bond acceptors (Lipinski definition) is 4. The van der Waals surface area contributed by atoms with Crippen LogP contribution in [0.15, 0.2) is 24.3 Å². The van der Waals surface area contributed by atoms with Crippen LogP contribution in [0.1, 0.15) is 26.3 Å². The number of nitrogens with one attached hydrogen (secondary N) is 1. The standard InChI is InChI=1S/C15H22N2O2/c1-15(2,3)11-17-9-13(18)10-19-14-7-5-4-6-12(14)8-16/h4-7,13,17-18H,9-11H2,1-3H3. The van der Waals surface area contributed by atoms with Crippen LogP contribution in [0.5, 0.6) is 5.75 Å². The van der Waals surface area contributed by atoms with Gasteiger partial charge in [-0.15, -0.1) is 0 Å². The van der Waals surface area contributed by atoms with Gasteiger partial charge in [0.25, 0.3) is 0 Å². The summed E-state index contributed by atoms with van der Waals surface area (Å²) < 4.78 is 5.46. The second-order valence-electron chi connectivity index (χ2n) is 5.76. The zero-order chi connectivity index (χ0) is 14.3. The molecule has 2 N–H and O–H groups in total. The van der Waals surface area contributed by atoms with Crippen molar-refractivity contribution < 1.29 is 9.84 Å². The highest BCUT2D eigenvalue weighted by atomic mass is 16.5. The fraction of sp³-hybridized carbons (Fsp3) is 0.533. The normalized spacial score (nSPS) is 12.8. The summed E-state index contributed by atoms with van der Waals surface area (Å²) >= 11 is 0. The molecule has 0 bridgehead atoms. The number of aliphatic hydroxyl groups is 1. The molecule has 1 aromatic carbocycles. The minimum absolute atomic E-state index is 0.176. The predicted molar refractivity (Wildman–Crippen MR) is 75.0 cm³/mol. The van der Waals surface area contributed by atoms with E-state index in [1.807, 2.05) is 0 Å². The van der Waals surface area contributed by atoms with E-state index in [0.29, 0.717) is 17.9 Å². The van der Waals surface area contributed by atoms with Gasteiger partial charge in [-0.05, 0) is 17.5 Å². The molecule has 0 heterocycles. The van der Waals surface area contributed by atoms with Crippen molar-refractivity contribution in [2.24, 2.45) is 5.41 Å². The first-order valence-electron chi connectivity index (χ1n) is 6.43. The molecule has 0 spiro atoms. The Labute approximate surface area is 115 Å². The lowest BCUT2D eigenvalue weighted by molar-refractivity contribution is 0.104. The molecule has 19 heavy (non-hydrogen) atoms. The molecule has 1 rings (SSSR count). The fourth-order valence-corrected chi connectivity index (χ4v) is 1.54. The zero-order valence-corrected chi connectivity index (χ0v) is 11.8. The molecule has 4 heteroatoms. The Kier molecular flexibility index (Phi) is 5.81. The molecule has 0 aliphatic carbocycles. The van der Waals surface area contributed by atoms with E-state index in [1.54, 1.807) is 24.3 Å². The summed E-state index contributed by atoms with van der Waals surface area (Å²) in [6.07, 6.45) is -0.589. The number of aliphatic hydroxyl groups excluding tert-OH is 1. The molecule has 0 aromatic heterocycles. The maximum absolute atomic E-state index is 9.80. The van der Waals surface area contributed by atoms with E-state index in [2.05, 4.69) is 32.2 Å². The van der Waals surface area contributed by atoms with Gasteiger partial charge in [0.15, 0.2) is 0 Å². The minimum atomic E-state index is -0.589. The van der Waals surface area contributed by atoms with E-state index in [1.165, 1.54) is 0 Å². The topological polar surface area (TPSA) is 65.3 Å². The van der Waals surface area contributed by atoms with Gasteiger partial charge in [-0.2, -0.15) is 5.26 Å². The van der Waals surface area contributed by atoms with E-state index in [4.69, 9.17) is 10.00 Å². The Bertz CT molecular complexity index is 433. The molecule has 0 radical (unpaired) electrons. The molecule has 4 nitrogen and oxygen atoms in total. The molecule has 1 unspecified atom stereocenters. The minimum Gasteiger partial charge on any atom is -0.489 e. The number of hydrogen-bond donors (Lipinski definition) is 2. The van der Waals surface area contributed by atoms with Crippen LogP contribution in [0.2, 0.25) is 0 Å². The van der Waals surface area contributed by atoms with Crippen LogP contribution in [0.25, 0.3) is 0 Å². The van der Waals surface area contributed by atoms with Gasteiger partial charge in [-0.1, -0.05) is 32.9 Å². The van der Waals surface area contributed by atoms with E-state index < -0.39 is 6.10 Å². The molecule has 0 aliphatic rings. The number of nitrogens with zero attached hydrogens (tertiary/aromatic N) is 1. The van der Waals surface area contributed by atoms with Crippen molar-refractivity contribution in [3.8, 4) is 11.8 Å². The summed E-state index contributed by atoms with van der Waals surface area (Å²) in [4.78, 5) is 0. The highest BCUT2D eigenvalue weighted by Crippen LogP contribution is 2.16. The fourth-order valence-electron chi connectivity index (χ4n) is 1.54. The van der Waals surface area contributed by atoms with Gasteiger partial charge in [-0.3, -0.25) is 0 Å². The third kappa shape index (κ3) is 6.23. The Balaban J connectivity index is 2.34. The van der Waals surface area contributed by atoms with Crippen molar-refractivity contribution in [2.75, 3.05) is 19.7 Å². The third-order valence-corrected chi connectivity index (χ3v) is 2.47. The highest BCUT2D eigenvalue weighted by molar-refractivity contribution is 5.42. The second kappa shape index (κ2) is 7.13. The van der Waals surface area contributed by atoms with Gasteiger partial charge in [0.2, 0.25) is 0 Å². The summed E-state index contributed by atoms with van der Waals surface area (Å²) in [5.74, 6) is 0.514. The van der Waals surface area contributed by atoms with Crippen molar-refractivity contribution in [3.63, 3.8) is 0 Å². The Hall–Kier alpha value is -1.57. The molecule has 0 fully saturated rings. The molecule has 104 valence electrons. The molecule has 0 saturated heterocycles. The Morgan fingerprint density at radius 3 is 2.68 bits per heavy atom. The monoisotopic (exact) mass is 262 g/mol. The predicted octanol–water partition coefficient (Wildman–Crippen LogP) is 1.93. The van der Waals surface area contributed by atoms with Crippen LogP contribution >= 0.6 is 0 Å². The van der Waals surface area contributed by atoms with Crippen LogP contribution in [0, 0.1) is 16.7 Å². The van der Waals surface area contributed by atoms with Crippen molar-refractivity contribution in [1.29, 1.82) is 5.26 Å². The second-order valence-corrected chi connectivity index (χ2v) is 5.76. The molecule has 0 saturated carbocycles. The smallest absolute Gasteiger partial charge is 0.137 e. The number of ether oxygens (including phenoxy) is 1. The lowest BCUT2D eigenvalue weighted by Gasteiger charge is -2.20. The van der Waals surface area contributed by atoms with E-state index in [9.17, 15) is 5.11 Å². The first-order valence-corrected chi connectivity index (χ1v) is 6.43. The van der Waals surface area contributed by atoms with Gasteiger partial charge in [0.1, 0.15) is 24.5 Å². The summed E-state index contributed by atoms with van der Waals surface area (Å²) in [6, 6.07) is 9.07. The average Bonchev–Trinajstić information content (AvgIpc) is 2.35. The molecular formula is C15H22N2O2. The molecular weight excluding hydrogens is 240 g/mol. The number of para-hydroxylation sites is 1. The Morgan fingerprint density at radius 1 is 1.37 bits per heavy atom. The van der Waals surface area contributed by atoms with Crippen LogP contribution in [-0.4, -0.2) is 30.9 Å². The SMILES string of the molecule is CC(C)(C)CNCC(O)COc1ccccc1C#N. The third-order valence-electron chi connectivity index (χ3n) is 2.47. The van der Waals surface area contributed by atoms with Crippen molar-refractivity contribution in [3.05, 3.63) is 29.8 Å². The number of rotatable bonds is 6. The molecule has 0 aliphatic heterocycles. The highest BCUT2D eigenvalue weighted by Gasteiger charge is 2.12. The Morgan fingerprint density at radius 2 is 2.05 bits per heavy atom. The molecule has 1 atom stereocenters. The largest absolute Gasteiger partial charge is 0.489 e. The van der Waals surface area contributed by atoms with E-state index in [-0.39, 0.29) is 12.0 Å². The lowest BCUT2D eigenvalue weighted by atomic mass is 9.97. The maximum atomic E-state index is 9.80. The van der Waals surface area contributed by atoms with Crippen LogP contribution in [0.4, 0.5) is 0 Å². The number of nitriles is 1. The van der Waals surface area contributed by atoms with Crippen LogP contribution in [0.3, 0.4) is 0 Å². The van der Waals surface area contributed by atoms with Gasteiger partial charge < -0.3 is 15.2 Å². The van der Waals surface area contributed by atoms with Gasteiger partial charge >= 0.3 is 0 Å². The van der Waals surface area contributed by atoms with Gasteiger partial charge in [-0.25, -0.2) is 0 Å². The van der Waals surface area contributed by atoms with Gasteiger partial charge in [0, 0.05) is 13.1 Å². The summed E-state index contributed by atoms with van der Waals surface area (Å²) in [5.41, 5.74) is 0.672. The first-order chi connectivity index (χ1) is 8.92. The number of benzene rings is 1. The zero-order valence-electron chi connectivity index (χ0n) is 11.8.